The zero-order valence-corrected chi connectivity index (χ0v) is 10.2. The van der Waals surface area contributed by atoms with E-state index in [2.05, 4.69) is 26.1 Å². The molecule has 0 aliphatic rings. The van der Waals surface area contributed by atoms with Crippen LogP contribution >= 0.6 is 15.9 Å². The maximum absolute atomic E-state index is 5.26. The van der Waals surface area contributed by atoms with Gasteiger partial charge in [0, 0.05) is 5.56 Å². The number of furan rings is 1. The lowest BCUT2D eigenvalue weighted by atomic mass is 10.2. The van der Waals surface area contributed by atoms with E-state index >= 15 is 0 Å². The van der Waals surface area contributed by atoms with Gasteiger partial charge in [0.2, 0.25) is 11.6 Å². The summed E-state index contributed by atoms with van der Waals surface area (Å²) in [5.74, 6) is 1.45. The Kier molecular flexibility index (Phi) is 2.53. The van der Waals surface area contributed by atoms with Crippen molar-refractivity contribution in [2.24, 2.45) is 0 Å². The summed E-state index contributed by atoms with van der Waals surface area (Å²) in [6.07, 6.45) is 1.56. The van der Waals surface area contributed by atoms with Crippen molar-refractivity contribution in [3.8, 4) is 23.0 Å². The van der Waals surface area contributed by atoms with E-state index in [4.69, 9.17) is 8.94 Å². The molecule has 2 aromatic heterocycles. The molecule has 0 amide bonds. The van der Waals surface area contributed by atoms with E-state index in [1.807, 2.05) is 30.3 Å². The molecule has 17 heavy (non-hydrogen) atoms. The summed E-state index contributed by atoms with van der Waals surface area (Å²) in [7, 11) is 0. The van der Waals surface area contributed by atoms with Crippen LogP contribution in [0, 0.1) is 0 Å². The van der Waals surface area contributed by atoms with Gasteiger partial charge in [-0.15, -0.1) is 0 Å². The van der Waals surface area contributed by atoms with Crippen molar-refractivity contribution in [2.45, 2.75) is 0 Å². The number of aromatic nitrogens is 2. The van der Waals surface area contributed by atoms with E-state index in [1.165, 1.54) is 0 Å². The standard InChI is InChI=1S/C12H7BrN2O2/c13-9-6-7-16-10(9)12-14-11(15-17-12)8-4-2-1-3-5-8/h1-7H. The van der Waals surface area contributed by atoms with Crippen molar-refractivity contribution in [2.75, 3.05) is 0 Å². The third-order valence-electron chi connectivity index (χ3n) is 2.27. The minimum Gasteiger partial charge on any atom is -0.458 e. The van der Waals surface area contributed by atoms with Crippen LogP contribution in [0.5, 0.6) is 0 Å². The van der Waals surface area contributed by atoms with Crippen LogP contribution in [-0.2, 0) is 0 Å². The fraction of sp³-hybridized carbons (Fsp3) is 0. The molecule has 5 heteroatoms. The summed E-state index contributed by atoms with van der Waals surface area (Å²) in [5.41, 5.74) is 0.908. The Morgan fingerprint density at radius 1 is 1.06 bits per heavy atom. The van der Waals surface area contributed by atoms with Crippen LogP contribution in [0.1, 0.15) is 0 Å². The first-order chi connectivity index (χ1) is 8.34. The van der Waals surface area contributed by atoms with Gasteiger partial charge in [0.1, 0.15) is 0 Å². The fourth-order valence-electron chi connectivity index (χ4n) is 1.47. The Hall–Kier alpha value is -1.88. The lowest BCUT2D eigenvalue weighted by Gasteiger charge is -1.90. The van der Waals surface area contributed by atoms with Crippen LogP contribution in [0.25, 0.3) is 23.0 Å². The molecule has 0 N–H and O–H groups in total. The van der Waals surface area contributed by atoms with Gasteiger partial charge in [-0.25, -0.2) is 0 Å². The normalized spacial score (nSPS) is 10.6. The third-order valence-corrected chi connectivity index (χ3v) is 2.89. The zero-order chi connectivity index (χ0) is 11.7. The molecule has 0 fully saturated rings. The van der Waals surface area contributed by atoms with Gasteiger partial charge in [-0.1, -0.05) is 35.5 Å². The van der Waals surface area contributed by atoms with Crippen molar-refractivity contribution in [1.82, 2.24) is 10.1 Å². The van der Waals surface area contributed by atoms with E-state index < -0.39 is 0 Å². The molecule has 0 unspecified atom stereocenters. The SMILES string of the molecule is Brc1ccoc1-c1nc(-c2ccccc2)no1. The highest BCUT2D eigenvalue weighted by molar-refractivity contribution is 9.10. The molecule has 0 radical (unpaired) electrons. The molecule has 84 valence electrons. The lowest BCUT2D eigenvalue weighted by molar-refractivity contribution is 0.416. The van der Waals surface area contributed by atoms with Crippen LogP contribution < -0.4 is 0 Å². The number of hydrogen-bond donors (Lipinski definition) is 0. The van der Waals surface area contributed by atoms with Gasteiger partial charge in [-0.2, -0.15) is 4.98 Å². The van der Waals surface area contributed by atoms with E-state index in [-0.39, 0.29) is 0 Å². The summed E-state index contributed by atoms with van der Waals surface area (Å²) < 4.78 is 11.2. The smallest absolute Gasteiger partial charge is 0.295 e. The fourth-order valence-corrected chi connectivity index (χ4v) is 1.84. The van der Waals surface area contributed by atoms with Gasteiger partial charge in [0.15, 0.2) is 0 Å². The quantitative estimate of drug-likeness (QED) is 0.721. The monoisotopic (exact) mass is 290 g/mol. The predicted molar refractivity (Wildman–Crippen MR) is 65.1 cm³/mol. The lowest BCUT2D eigenvalue weighted by Crippen LogP contribution is -1.79. The van der Waals surface area contributed by atoms with Gasteiger partial charge < -0.3 is 8.94 Å². The van der Waals surface area contributed by atoms with E-state index in [0.717, 1.165) is 10.0 Å². The Morgan fingerprint density at radius 3 is 2.59 bits per heavy atom. The first-order valence-electron chi connectivity index (χ1n) is 4.97. The molecule has 0 bridgehead atoms. The minimum atomic E-state index is 0.362. The van der Waals surface area contributed by atoms with Crippen molar-refractivity contribution in [3.63, 3.8) is 0 Å². The summed E-state index contributed by atoms with van der Waals surface area (Å²) >= 11 is 3.35. The molecule has 3 rings (SSSR count). The Labute approximate surface area is 105 Å². The molecule has 4 nitrogen and oxygen atoms in total. The molecule has 0 saturated carbocycles. The zero-order valence-electron chi connectivity index (χ0n) is 8.63. The van der Waals surface area contributed by atoms with E-state index in [9.17, 15) is 0 Å². The number of benzene rings is 1. The summed E-state index contributed by atoms with van der Waals surface area (Å²) in [5, 5.41) is 3.92. The second-order valence-corrected chi connectivity index (χ2v) is 4.24. The van der Waals surface area contributed by atoms with Crippen molar-refractivity contribution >= 4 is 15.9 Å². The van der Waals surface area contributed by atoms with E-state index in [0.29, 0.717) is 17.5 Å². The van der Waals surface area contributed by atoms with Crippen molar-refractivity contribution < 1.29 is 8.94 Å². The van der Waals surface area contributed by atoms with Crippen LogP contribution in [0.2, 0.25) is 0 Å². The predicted octanol–water partition coefficient (Wildman–Crippen LogP) is 3.76. The maximum Gasteiger partial charge on any atom is 0.295 e. The van der Waals surface area contributed by atoms with Crippen LogP contribution in [-0.4, -0.2) is 10.1 Å². The first-order valence-corrected chi connectivity index (χ1v) is 5.76. The van der Waals surface area contributed by atoms with Crippen LogP contribution in [0.4, 0.5) is 0 Å². The number of hydrogen-bond acceptors (Lipinski definition) is 4. The van der Waals surface area contributed by atoms with Gasteiger partial charge in [-0.3, -0.25) is 0 Å². The molecule has 0 atom stereocenters. The first kappa shape index (κ1) is 10.3. The third kappa shape index (κ3) is 1.89. The van der Waals surface area contributed by atoms with Gasteiger partial charge in [0.05, 0.1) is 10.7 Å². The average molecular weight is 291 g/mol. The number of nitrogens with zero attached hydrogens (tertiary/aromatic N) is 2. The van der Waals surface area contributed by atoms with Crippen molar-refractivity contribution in [1.29, 1.82) is 0 Å². The molecule has 0 aliphatic carbocycles. The molecule has 0 aliphatic heterocycles. The molecular weight excluding hydrogens is 284 g/mol. The van der Waals surface area contributed by atoms with Gasteiger partial charge in [0.25, 0.3) is 5.89 Å². The summed E-state index contributed by atoms with van der Waals surface area (Å²) in [6, 6.07) is 11.4. The second-order valence-electron chi connectivity index (χ2n) is 3.39. The molecule has 1 aromatic carbocycles. The highest BCUT2D eigenvalue weighted by Crippen LogP contribution is 2.29. The summed E-state index contributed by atoms with van der Waals surface area (Å²) in [6.45, 7) is 0. The molecular formula is C12H7BrN2O2. The Bertz CT molecular complexity index is 631. The largest absolute Gasteiger partial charge is 0.458 e. The maximum atomic E-state index is 5.26. The van der Waals surface area contributed by atoms with Crippen LogP contribution in [0.3, 0.4) is 0 Å². The number of rotatable bonds is 2. The summed E-state index contributed by atoms with van der Waals surface area (Å²) in [4.78, 5) is 4.28. The second kappa shape index (κ2) is 4.18. The van der Waals surface area contributed by atoms with Crippen molar-refractivity contribution in [3.05, 3.63) is 47.1 Å². The van der Waals surface area contributed by atoms with Gasteiger partial charge >= 0.3 is 0 Å². The van der Waals surface area contributed by atoms with Crippen LogP contribution in [0.15, 0.2) is 56.1 Å². The molecule has 3 aromatic rings. The molecule has 0 spiro atoms. The number of halogens is 1. The highest BCUT2D eigenvalue weighted by Gasteiger charge is 2.15. The van der Waals surface area contributed by atoms with E-state index in [1.54, 1.807) is 12.3 Å². The molecule has 2 heterocycles. The molecule has 0 saturated heterocycles. The topological polar surface area (TPSA) is 52.1 Å². The average Bonchev–Trinajstić information content (AvgIpc) is 2.98. The highest BCUT2D eigenvalue weighted by atomic mass is 79.9. The Morgan fingerprint density at radius 2 is 1.88 bits per heavy atom. The van der Waals surface area contributed by atoms with Gasteiger partial charge in [-0.05, 0) is 22.0 Å². The minimum absolute atomic E-state index is 0.362. The Balaban J connectivity index is 2.02.